The minimum absolute atomic E-state index is 0. The number of aromatic nitrogens is 2. The molecule has 0 aliphatic carbocycles. The molecule has 1 aromatic rings. The maximum absolute atomic E-state index is 11.7. The molecule has 0 amide bonds. The Morgan fingerprint density at radius 3 is 2.09 bits per heavy atom. The van der Waals surface area contributed by atoms with Crippen LogP contribution in [0.2, 0.25) is 0 Å². The smallest absolute Gasteiger partial charge is 0.444 e. The van der Waals surface area contributed by atoms with Crippen LogP contribution in [0.4, 0.5) is 12.9 Å². The van der Waals surface area contributed by atoms with Crippen molar-refractivity contribution in [1.82, 2.24) is 9.97 Å². The Morgan fingerprint density at radius 1 is 1.18 bits per heavy atom. The van der Waals surface area contributed by atoms with E-state index in [-0.39, 0.29) is 51.4 Å². The van der Waals surface area contributed by atoms with Gasteiger partial charge in [-0.15, -0.1) is 0 Å². The Labute approximate surface area is 104 Å². The molecule has 11 heavy (non-hydrogen) atoms. The molecule has 2 nitrogen and oxygen atoms in total. The fourth-order valence-corrected chi connectivity index (χ4v) is 0.480. The summed E-state index contributed by atoms with van der Waals surface area (Å²) >= 11 is 0. The summed E-state index contributed by atoms with van der Waals surface area (Å²) in [5.74, 6) is 0. The molecule has 0 spiro atoms. The van der Waals surface area contributed by atoms with E-state index in [2.05, 4.69) is 9.97 Å². The first-order chi connectivity index (χ1) is 4.61. The first-order valence-corrected chi connectivity index (χ1v) is 2.56. The second kappa shape index (κ2) is 4.56. The van der Waals surface area contributed by atoms with Gasteiger partial charge in [-0.05, 0) is 0 Å². The first-order valence-electron chi connectivity index (χ1n) is 2.56. The summed E-state index contributed by atoms with van der Waals surface area (Å²) in [6.45, 7) is -4.98. The molecule has 1 heterocycles. The van der Waals surface area contributed by atoms with Gasteiger partial charge in [-0.3, -0.25) is 9.97 Å². The number of rotatable bonds is 1. The van der Waals surface area contributed by atoms with Crippen LogP contribution in [0.1, 0.15) is 0 Å². The van der Waals surface area contributed by atoms with Crippen LogP contribution in [-0.2, 0) is 0 Å². The largest absolute Gasteiger partial charge is 1.00 e. The molecule has 0 radical (unpaired) electrons. The van der Waals surface area contributed by atoms with Gasteiger partial charge in [0.2, 0.25) is 0 Å². The van der Waals surface area contributed by atoms with Crippen LogP contribution in [0.15, 0.2) is 18.6 Å². The van der Waals surface area contributed by atoms with Gasteiger partial charge in [0.15, 0.2) is 0 Å². The number of nitrogens with zero attached hydrogens (tertiary/aromatic N) is 2. The van der Waals surface area contributed by atoms with Crippen molar-refractivity contribution in [3.63, 3.8) is 0 Å². The second-order valence-corrected chi connectivity index (χ2v) is 1.71. The zero-order valence-electron chi connectivity index (χ0n) is 5.84. The fraction of sp³-hybridized carbons (Fsp3) is 0. The third kappa shape index (κ3) is 3.66. The van der Waals surface area contributed by atoms with E-state index in [1.807, 2.05) is 0 Å². The monoisotopic (exact) mass is 186 g/mol. The Bertz CT molecular complexity index is 214. The van der Waals surface area contributed by atoms with E-state index >= 15 is 0 Å². The van der Waals surface area contributed by atoms with Crippen LogP contribution in [0.5, 0.6) is 0 Å². The molecule has 7 heteroatoms. The molecule has 0 unspecified atom stereocenters. The average molecular weight is 186 g/mol. The second-order valence-electron chi connectivity index (χ2n) is 1.71. The van der Waals surface area contributed by atoms with Crippen LogP contribution in [0.3, 0.4) is 0 Å². The van der Waals surface area contributed by atoms with Gasteiger partial charge in [-0.1, -0.05) is 0 Å². The van der Waals surface area contributed by atoms with E-state index in [0.29, 0.717) is 6.20 Å². The molecule has 54 valence electrons. The van der Waals surface area contributed by atoms with E-state index in [4.69, 9.17) is 0 Å². The van der Waals surface area contributed by atoms with Crippen molar-refractivity contribution in [3.05, 3.63) is 18.6 Å². The van der Waals surface area contributed by atoms with Crippen molar-refractivity contribution in [1.29, 1.82) is 0 Å². The molecule has 0 fully saturated rings. The molecule has 1 aromatic heterocycles. The first kappa shape index (κ1) is 11.6. The van der Waals surface area contributed by atoms with Crippen molar-refractivity contribution < 1.29 is 64.3 Å². The molecule has 0 bridgehead atoms. The van der Waals surface area contributed by atoms with E-state index in [9.17, 15) is 12.9 Å². The standard InChI is InChI=1S/C4H3BF3N2.K/c6-5(7,8)4-3-9-1-2-10-4;/h1-3H;/q-1;+1. The minimum atomic E-state index is -4.98. The summed E-state index contributed by atoms with van der Waals surface area (Å²) in [6, 6.07) is 0. The Hall–Kier alpha value is 0.571. The number of hydrogen-bond donors (Lipinski definition) is 0. The molecule has 0 saturated carbocycles. The van der Waals surface area contributed by atoms with Crippen LogP contribution in [-0.4, -0.2) is 16.9 Å². The SMILES string of the molecule is F[B-](F)(F)c1cnccn1.[K+]. The topological polar surface area (TPSA) is 25.8 Å². The van der Waals surface area contributed by atoms with Gasteiger partial charge in [0.05, 0.1) is 0 Å². The van der Waals surface area contributed by atoms with Crippen molar-refractivity contribution in [2.45, 2.75) is 0 Å². The molecule has 0 aliphatic rings. The molecule has 0 aliphatic heterocycles. The van der Waals surface area contributed by atoms with E-state index in [1.165, 1.54) is 6.20 Å². The van der Waals surface area contributed by atoms with Crippen molar-refractivity contribution in [2.24, 2.45) is 0 Å². The number of halogens is 3. The normalized spacial score (nSPS) is 10.5. The summed E-state index contributed by atoms with van der Waals surface area (Å²) in [5.41, 5.74) is -0.900. The van der Waals surface area contributed by atoms with E-state index < -0.39 is 12.6 Å². The van der Waals surface area contributed by atoms with Gasteiger partial charge in [-0.2, -0.15) is 0 Å². The molecule has 1 rings (SSSR count). The maximum atomic E-state index is 11.7. The van der Waals surface area contributed by atoms with Crippen LogP contribution in [0, 0.1) is 0 Å². The molecule has 0 aromatic carbocycles. The fourth-order valence-electron chi connectivity index (χ4n) is 0.480. The summed E-state index contributed by atoms with van der Waals surface area (Å²) in [5, 5.41) is 0. The summed E-state index contributed by atoms with van der Waals surface area (Å²) in [6.07, 6.45) is 2.93. The zero-order chi connectivity index (χ0) is 7.61. The summed E-state index contributed by atoms with van der Waals surface area (Å²) in [4.78, 5) is 6.37. The maximum Gasteiger partial charge on any atom is 1.00 e. The van der Waals surface area contributed by atoms with Gasteiger partial charge in [0.25, 0.3) is 0 Å². The number of hydrogen-bond acceptors (Lipinski definition) is 2. The third-order valence-electron chi connectivity index (χ3n) is 0.919. The van der Waals surface area contributed by atoms with Gasteiger partial charge in [0, 0.05) is 24.2 Å². The molecule has 0 N–H and O–H groups in total. The Morgan fingerprint density at radius 2 is 1.82 bits per heavy atom. The summed E-state index contributed by atoms with van der Waals surface area (Å²) < 4.78 is 35.2. The van der Waals surface area contributed by atoms with Gasteiger partial charge in [-0.25, -0.2) is 0 Å². The van der Waals surface area contributed by atoms with E-state index in [1.54, 1.807) is 0 Å². The van der Waals surface area contributed by atoms with Gasteiger partial charge < -0.3 is 12.9 Å². The predicted octanol–water partition coefficient (Wildman–Crippen LogP) is -2.46. The van der Waals surface area contributed by atoms with Gasteiger partial charge >= 0.3 is 58.4 Å². The predicted molar refractivity (Wildman–Crippen MR) is 30.7 cm³/mol. The van der Waals surface area contributed by atoms with Crippen molar-refractivity contribution in [2.75, 3.05) is 0 Å². The van der Waals surface area contributed by atoms with E-state index in [0.717, 1.165) is 6.20 Å². The van der Waals surface area contributed by atoms with Crippen LogP contribution in [0.25, 0.3) is 0 Å². The molecule has 0 atom stereocenters. The van der Waals surface area contributed by atoms with Crippen LogP contribution >= 0.6 is 0 Å². The minimum Gasteiger partial charge on any atom is -0.444 e. The molecule has 0 saturated heterocycles. The Kier molecular flexibility index (Phi) is 4.80. The summed E-state index contributed by atoms with van der Waals surface area (Å²) in [7, 11) is 0. The van der Waals surface area contributed by atoms with Crippen molar-refractivity contribution >= 4 is 12.6 Å². The third-order valence-corrected chi connectivity index (χ3v) is 0.919. The van der Waals surface area contributed by atoms with Gasteiger partial charge in [0.1, 0.15) is 0 Å². The molecular weight excluding hydrogens is 183 g/mol. The van der Waals surface area contributed by atoms with Crippen LogP contribution < -0.4 is 57.0 Å². The van der Waals surface area contributed by atoms with Crippen molar-refractivity contribution in [3.8, 4) is 0 Å². The zero-order valence-corrected chi connectivity index (χ0v) is 8.96. The molecular formula is C4H3BF3KN2. The quantitative estimate of drug-likeness (QED) is 0.454. The average Bonchev–Trinajstić information content (AvgIpc) is 1.88. The Balaban J connectivity index is 0.000001000.